The van der Waals surface area contributed by atoms with Crippen LogP contribution in [0.3, 0.4) is 0 Å². The third kappa shape index (κ3) is 5.44. The molecule has 6 nitrogen and oxygen atoms in total. The molecule has 6 heteroatoms. The molecule has 0 bridgehead atoms. The SMILES string of the molecule is C=C(/C=C\c1cc(-c2n[nH]c3c2C[C@H](O)CCC3)[nH]c1CC)N(C)C(O)C1CCCCCC1. The zero-order valence-corrected chi connectivity index (χ0v) is 20.2. The second-order valence-electron chi connectivity index (χ2n) is 9.85. The topological polar surface area (TPSA) is 88.2 Å². The van der Waals surface area contributed by atoms with Crippen LogP contribution >= 0.6 is 0 Å². The second kappa shape index (κ2) is 10.7. The molecule has 0 radical (unpaired) electrons. The van der Waals surface area contributed by atoms with Gasteiger partial charge in [0.25, 0.3) is 0 Å². The Morgan fingerprint density at radius 3 is 2.73 bits per heavy atom. The highest BCUT2D eigenvalue weighted by molar-refractivity contribution is 5.68. The van der Waals surface area contributed by atoms with Crippen LogP contribution in [0.4, 0.5) is 0 Å². The minimum Gasteiger partial charge on any atom is -0.393 e. The number of fused-ring (bicyclic) bond motifs is 1. The van der Waals surface area contributed by atoms with E-state index in [-0.39, 0.29) is 6.10 Å². The van der Waals surface area contributed by atoms with Crippen molar-refractivity contribution in [3.05, 3.63) is 46.9 Å². The molecule has 1 fully saturated rings. The van der Waals surface area contributed by atoms with Crippen molar-refractivity contribution < 1.29 is 10.2 Å². The van der Waals surface area contributed by atoms with Crippen molar-refractivity contribution in [2.45, 2.75) is 89.9 Å². The van der Waals surface area contributed by atoms with E-state index < -0.39 is 6.23 Å². The molecule has 4 N–H and O–H groups in total. The summed E-state index contributed by atoms with van der Waals surface area (Å²) in [6, 6.07) is 2.14. The average Bonchev–Trinajstić information content (AvgIpc) is 3.21. The van der Waals surface area contributed by atoms with Crippen molar-refractivity contribution in [2.75, 3.05) is 7.05 Å². The lowest BCUT2D eigenvalue weighted by Gasteiger charge is -2.32. The third-order valence-electron chi connectivity index (χ3n) is 7.53. The summed E-state index contributed by atoms with van der Waals surface area (Å²) in [5, 5.41) is 29.0. The van der Waals surface area contributed by atoms with Crippen molar-refractivity contribution in [2.24, 2.45) is 5.92 Å². The van der Waals surface area contributed by atoms with E-state index in [4.69, 9.17) is 0 Å². The van der Waals surface area contributed by atoms with E-state index in [2.05, 4.69) is 40.8 Å². The minimum atomic E-state index is -0.487. The van der Waals surface area contributed by atoms with Crippen LogP contribution in [0.2, 0.25) is 0 Å². The molecule has 2 atom stereocenters. The normalized spacial score (nSPS) is 20.9. The van der Waals surface area contributed by atoms with Gasteiger partial charge in [-0.15, -0.1) is 0 Å². The fourth-order valence-corrected chi connectivity index (χ4v) is 5.38. The first kappa shape index (κ1) is 23.8. The van der Waals surface area contributed by atoms with Crippen molar-refractivity contribution in [3.8, 4) is 11.4 Å². The summed E-state index contributed by atoms with van der Waals surface area (Å²) in [4.78, 5) is 5.46. The number of nitrogens with one attached hydrogen (secondary N) is 2. The van der Waals surface area contributed by atoms with Gasteiger partial charge in [0.05, 0.1) is 11.8 Å². The van der Waals surface area contributed by atoms with E-state index in [1.54, 1.807) is 0 Å². The van der Waals surface area contributed by atoms with Crippen LogP contribution in [0, 0.1) is 5.92 Å². The van der Waals surface area contributed by atoms with Crippen molar-refractivity contribution in [1.82, 2.24) is 20.1 Å². The number of aryl methyl sites for hydroxylation is 2. The second-order valence-corrected chi connectivity index (χ2v) is 9.85. The Morgan fingerprint density at radius 2 is 2.00 bits per heavy atom. The molecule has 2 aromatic heterocycles. The van der Waals surface area contributed by atoms with Gasteiger partial charge in [0.1, 0.15) is 11.9 Å². The van der Waals surface area contributed by atoms with Crippen LogP contribution in [-0.4, -0.2) is 49.7 Å². The van der Waals surface area contributed by atoms with E-state index in [0.29, 0.717) is 12.3 Å². The number of hydrogen-bond donors (Lipinski definition) is 4. The van der Waals surface area contributed by atoms with Gasteiger partial charge < -0.3 is 20.1 Å². The zero-order valence-electron chi connectivity index (χ0n) is 20.2. The highest BCUT2D eigenvalue weighted by Crippen LogP contribution is 2.31. The Bertz CT molecular complexity index is 965. The molecular formula is C27H40N4O2. The van der Waals surface area contributed by atoms with Gasteiger partial charge in [-0.2, -0.15) is 5.10 Å². The Balaban J connectivity index is 1.50. The van der Waals surface area contributed by atoms with Gasteiger partial charge in [0.2, 0.25) is 0 Å². The van der Waals surface area contributed by atoms with Crippen LogP contribution < -0.4 is 0 Å². The molecule has 2 aliphatic carbocycles. The monoisotopic (exact) mass is 452 g/mol. The highest BCUT2D eigenvalue weighted by Gasteiger charge is 2.25. The number of hydrogen-bond acceptors (Lipinski definition) is 4. The number of likely N-dealkylation sites (N-methyl/N-ethyl adjacent to an activating group) is 1. The van der Waals surface area contributed by atoms with E-state index in [1.165, 1.54) is 25.7 Å². The quantitative estimate of drug-likeness (QED) is 0.207. The van der Waals surface area contributed by atoms with Gasteiger partial charge in [-0.25, -0.2) is 0 Å². The molecule has 1 saturated carbocycles. The first-order valence-corrected chi connectivity index (χ1v) is 12.7. The van der Waals surface area contributed by atoms with Crippen molar-refractivity contribution in [3.63, 3.8) is 0 Å². The molecule has 33 heavy (non-hydrogen) atoms. The first-order valence-electron chi connectivity index (χ1n) is 12.7. The summed E-state index contributed by atoms with van der Waals surface area (Å²) in [6.45, 7) is 6.36. The average molecular weight is 453 g/mol. The molecule has 4 rings (SSSR count). The maximum absolute atomic E-state index is 10.9. The summed E-state index contributed by atoms with van der Waals surface area (Å²) >= 11 is 0. The minimum absolute atomic E-state index is 0.304. The van der Waals surface area contributed by atoms with E-state index in [9.17, 15) is 10.2 Å². The van der Waals surface area contributed by atoms with Crippen molar-refractivity contribution in [1.29, 1.82) is 0 Å². The lowest BCUT2D eigenvalue weighted by Crippen LogP contribution is -2.36. The Labute approximate surface area is 197 Å². The zero-order chi connectivity index (χ0) is 23.4. The maximum atomic E-state index is 10.9. The molecule has 0 aliphatic heterocycles. The lowest BCUT2D eigenvalue weighted by atomic mass is 9.97. The van der Waals surface area contributed by atoms with Gasteiger partial charge in [0, 0.05) is 42.0 Å². The van der Waals surface area contributed by atoms with Gasteiger partial charge in [0.15, 0.2) is 0 Å². The fraction of sp³-hybridized carbons (Fsp3) is 0.593. The maximum Gasteiger partial charge on any atom is 0.129 e. The molecule has 2 heterocycles. The molecule has 2 aromatic rings. The number of rotatable bonds is 7. The summed E-state index contributed by atoms with van der Waals surface area (Å²) in [7, 11) is 1.94. The lowest BCUT2D eigenvalue weighted by molar-refractivity contribution is -0.00809. The molecule has 1 unspecified atom stereocenters. The summed E-state index contributed by atoms with van der Waals surface area (Å²) in [5.74, 6) is 0.318. The smallest absolute Gasteiger partial charge is 0.129 e. The molecule has 0 amide bonds. The van der Waals surface area contributed by atoms with Crippen LogP contribution in [0.1, 0.15) is 80.8 Å². The predicted octanol–water partition coefficient (Wildman–Crippen LogP) is 4.95. The van der Waals surface area contributed by atoms with Crippen LogP contribution in [0.5, 0.6) is 0 Å². The third-order valence-corrected chi connectivity index (χ3v) is 7.53. The van der Waals surface area contributed by atoms with E-state index in [1.807, 2.05) is 18.0 Å². The Hall–Kier alpha value is -2.31. The first-order chi connectivity index (χ1) is 16.0. The number of allylic oxidation sites excluding steroid dienone is 1. The number of nitrogens with zero attached hydrogens (tertiary/aromatic N) is 2. The van der Waals surface area contributed by atoms with Crippen molar-refractivity contribution >= 4 is 6.08 Å². The summed E-state index contributed by atoms with van der Waals surface area (Å²) in [6.07, 6.45) is 14.7. The number of H-pyrrole nitrogens is 2. The molecule has 0 spiro atoms. The van der Waals surface area contributed by atoms with Crippen LogP contribution in [-0.2, 0) is 19.3 Å². The number of aliphatic hydroxyl groups is 2. The highest BCUT2D eigenvalue weighted by atomic mass is 16.3. The molecule has 0 saturated heterocycles. The standard InChI is InChI=1S/C27H40N4O2/c1-4-23-20(15-14-18(2)31(3)27(33)19-10-7-5-6-8-11-19)16-25(28-23)26-22-17-21(32)12-9-13-24(22)29-30-26/h14-16,19,21,27-28,32-33H,2,4-13,17H2,1,3H3,(H,29,30)/b15-14-/t21-,27?/m1/s1. The Kier molecular flexibility index (Phi) is 7.76. The van der Waals surface area contributed by atoms with Crippen LogP contribution in [0.15, 0.2) is 24.4 Å². The number of aromatic amines is 2. The number of aromatic nitrogens is 3. The van der Waals surface area contributed by atoms with Gasteiger partial charge in [-0.05, 0) is 56.2 Å². The molecule has 0 aromatic carbocycles. The van der Waals surface area contributed by atoms with E-state index >= 15 is 0 Å². The summed E-state index contributed by atoms with van der Waals surface area (Å²) in [5.41, 5.74) is 7.25. The predicted molar refractivity (Wildman–Crippen MR) is 134 cm³/mol. The largest absolute Gasteiger partial charge is 0.393 e. The van der Waals surface area contributed by atoms with Crippen LogP contribution in [0.25, 0.3) is 17.5 Å². The molecular weight excluding hydrogens is 412 g/mol. The van der Waals surface area contributed by atoms with Gasteiger partial charge in [-0.3, -0.25) is 5.10 Å². The molecule has 180 valence electrons. The fourth-order valence-electron chi connectivity index (χ4n) is 5.38. The summed E-state index contributed by atoms with van der Waals surface area (Å²) < 4.78 is 0. The van der Waals surface area contributed by atoms with E-state index in [0.717, 1.165) is 78.1 Å². The molecule has 2 aliphatic rings. The van der Waals surface area contributed by atoms with Gasteiger partial charge in [-0.1, -0.05) is 45.3 Å². The van der Waals surface area contributed by atoms with Gasteiger partial charge >= 0.3 is 0 Å². The number of aliphatic hydroxyl groups excluding tert-OH is 2. The Morgan fingerprint density at radius 1 is 1.24 bits per heavy atom.